The van der Waals surface area contributed by atoms with E-state index >= 15 is 0 Å². The summed E-state index contributed by atoms with van der Waals surface area (Å²) in [5.74, 6) is 0.172. The fourth-order valence-corrected chi connectivity index (χ4v) is 5.25. The molecule has 0 aliphatic carbocycles. The minimum Gasteiger partial charge on any atom is -0.355 e. The topological polar surface area (TPSA) is 96.6 Å². The molecule has 0 radical (unpaired) electrons. The maximum Gasteiger partial charge on any atom is 0.276 e. The maximum absolute atomic E-state index is 13.1. The summed E-state index contributed by atoms with van der Waals surface area (Å²) in [6, 6.07) is 17.9. The van der Waals surface area contributed by atoms with Gasteiger partial charge in [-0.1, -0.05) is 35.5 Å². The van der Waals surface area contributed by atoms with Gasteiger partial charge < -0.3 is 9.42 Å². The lowest BCUT2D eigenvalue weighted by Gasteiger charge is -2.33. The van der Waals surface area contributed by atoms with Crippen molar-refractivity contribution in [2.24, 2.45) is 0 Å². The molecule has 1 fully saturated rings. The molecule has 4 aromatic rings. The van der Waals surface area contributed by atoms with Gasteiger partial charge >= 0.3 is 0 Å². The van der Waals surface area contributed by atoms with Crippen LogP contribution in [-0.4, -0.2) is 59.8 Å². The van der Waals surface area contributed by atoms with Crippen LogP contribution >= 0.6 is 0 Å². The lowest BCUT2D eigenvalue weighted by Crippen LogP contribution is -2.50. The number of sulfonamides is 1. The highest BCUT2D eigenvalue weighted by atomic mass is 32.2. The Morgan fingerprint density at radius 3 is 2.44 bits per heavy atom. The van der Waals surface area contributed by atoms with Crippen LogP contribution in [0.15, 0.2) is 82.5 Å². The van der Waals surface area contributed by atoms with Crippen LogP contribution in [0, 0.1) is 0 Å². The summed E-state index contributed by atoms with van der Waals surface area (Å²) in [5, 5.41) is 5.75. The first-order valence-corrected chi connectivity index (χ1v) is 11.6. The molecule has 32 heavy (non-hydrogen) atoms. The van der Waals surface area contributed by atoms with E-state index in [0.717, 1.165) is 16.3 Å². The molecule has 0 saturated carbocycles. The highest BCUT2D eigenvalue weighted by Gasteiger charge is 2.31. The summed E-state index contributed by atoms with van der Waals surface area (Å²) in [4.78, 5) is 18.7. The van der Waals surface area contributed by atoms with Gasteiger partial charge in [0.05, 0.1) is 4.90 Å². The Balaban J connectivity index is 1.28. The lowest BCUT2D eigenvalue weighted by molar-refractivity contribution is 0.0687. The predicted octanol–water partition coefficient (Wildman–Crippen LogP) is 3.04. The normalized spacial score (nSPS) is 15.2. The van der Waals surface area contributed by atoms with Crippen LogP contribution in [0.1, 0.15) is 10.5 Å². The fraction of sp³-hybridized carbons (Fsp3) is 0.174. The molecule has 1 amide bonds. The van der Waals surface area contributed by atoms with Gasteiger partial charge in [0.25, 0.3) is 5.91 Å². The molecule has 5 rings (SSSR count). The molecule has 3 heterocycles. The van der Waals surface area contributed by atoms with E-state index in [9.17, 15) is 13.2 Å². The first-order valence-electron chi connectivity index (χ1n) is 10.2. The van der Waals surface area contributed by atoms with Crippen molar-refractivity contribution in [2.45, 2.75) is 4.90 Å². The Morgan fingerprint density at radius 1 is 0.906 bits per heavy atom. The van der Waals surface area contributed by atoms with E-state index < -0.39 is 10.0 Å². The van der Waals surface area contributed by atoms with Gasteiger partial charge in [0.1, 0.15) is 0 Å². The van der Waals surface area contributed by atoms with Gasteiger partial charge in [0.15, 0.2) is 11.5 Å². The summed E-state index contributed by atoms with van der Waals surface area (Å²) in [6.45, 7) is 0.990. The monoisotopic (exact) mass is 448 g/mol. The molecule has 1 aliphatic heterocycles. The molecule has 2 aromatic heterocycles. The number of hydrogen-bond acceptors (Lipinski definition) is 6. The van der Waals surface area contributed by atoms with Crippen LogP contribution in [-0.2, 0) is 10.0 Å². The largest absolute Gasteiger partial charge is 0.355 e. The summed E-state index contributed by atoms with van der Waals surface area (Å²) in [6.07, 6.45) is 3.28. The van der Waals surface area contributed by atoms with Crippen LogP contribution in [0.2, 0.25) is 0 Å². The first kappa shape index (κ1) is 20.3. The molecule has 0 bridgehead atoms. The second-order valence-electron chi connectivity index (χ2n) is 7.52. The first-order chi connectivity index (χ1) is 15.5. The SMILES string of the molecule is O=C(c1cc(-c2cccnc2)on1)N1CCN(S(=O)(=O)c2ccc3ccccc3c2)CC1. The Labute approximate surface area is 185 Å². The van der Waals surface area contributed by atoms with Crippen LogP contribution in [0.4, 0.5) is 0 Å². The number of amides is 1. The average Bonchev–Trinajstić information content (AvgIpc) is 3.34. The number of nitrogens with zero attached hydrogens (tertiary/aromatic N) is 4. The summed E-state index contributed by atoms with van der Waals surface area (Å²) < 4.78 is 33.0. The third-order valence-corrected chi connectivity index (χ3v) is 7.45. The summed E-state index contributed by atoms with van der Waals surface area (Å²) >= 11 is 0. The zero-order valence-electron chi connectivity index (χ0n) is 17.1. The number of rotatable bonds is 4. The molecule has 9 heteroatoms. The third-order valence-electron chi connectivity index (χ3n) is 5.56. The molecule has 0 atom stereocenters. The number of hydrogen-bond donors (Lipinski definition) is 0. The van der Waals surface area contributed by atoms with E-state index in [1.54, 1.807) is 41.6 Å². The van der Waals surface area contributed by atoms with E-state index in [0.29, 0.717) is 5.76 Å². The third kappa shape index (κ3) is 3.76. The summed E-state index contributed by atoms with van der Waals surface area (Å²) in [7, 11) is -3.64. The van der Waals surface area contributed by atoms with Crippen molar-refractivity contribution >= 4 is 26.7 Å². The molecule has 0 unspecified atom stereocenters. The number of piperazine rings is 1. The molecule has 8 nitrogen and oxygen atoms in total. The van der Waals surface area contributed by atoms with Gasteiger partial charge in [-0.15, -0.1) is 0 Å². The minimum atomic E-state index is -3.64. The number of carbonyl (C=O) groups excluding carboxylic acids is 1. The molecule has 0 spiro atoms. The highest BCUT2D eigenvalue weighted by molar-refractivity contribution is 7.89. The van der Waals surface area contributed by atoms with E-state index in [1.807, 2.05) is 36.4 Å². The van der Waals surface area contributed by atoms with Crippen molar-refractivity contribution in [2.75, 3.05) is 26.2 Å². The van der Waals surface area contributed by atoms with Gasteiger partial charge in [0, 0.05) is 50.2 Å². The number of benzene rings is 2. The molecular weight excluding hydrogens is 428 g/mol. The van der Waals surface area contributed by atoms with Gasteiger partial charge in [-0.05, 0) is 35.0 Å². The zero-order valence-corrected chi connectivity index (χ0v) is 17.9. The quantitative estimate of drug-likeness (QED) is 0.476. The van der Waals surface area contributed by atoms with Gasteiger partial charge in [0.2, 0.25) is 10.0 Å². The van der Waals surface area contributed by atoms with Crippen molar-refractivity contribution in [3.8, 4) is 11.3 Å². The Bertz CT molecular complexity index is 1380. The van der Waals surface area contributed by atoms with Crippen LogP contribution < -0.4 is 0 Å². The van der Waals surface area contributed by atoms with Crippen LogP contribution in [0.3, 0.4) is 0 Å². The smallest absolute Gasteiger partial charge is 0.276 e. The molecule has 1 aliphatic rings. The van der Waals surface area contributed by atoms with Crippen molar-refractivity contribution in [1.29, 1.82) is 0 Å². The van der Waals surface area contributed by atoms with Gasteiger partial charge in [-0.3, -0.25) is 9.78 Å². The second kappa shape index (κ2) is 8.18. The summed E-state index contributed by atoms with van der Waals surface area (Å²) in [5.41, 5.74) is 0.917. The van der Waals surface area contributed by atoms with Crippen molar-refractivity contribution in [3.63, 3.8) is 0 Å². The Morgan fingerprint density at radius 2 is 1.69 bits per heavy atom. The molecule has 162 valence electrons. The molecule has 0 N–H and O–H groups in total. The number of pyridine rings is 1. The lowest BCUT2D eigenvalue weighted by atomic mass is 10.1. The van der Waals surface area contributed by atoms with Crippen molar-refractivity contribution in [3.05, 3.63) is 78.8 Å². The maximum atomic E-state index is 13.1. The second-order valence-corrected chi connectivity index (χ2v) is 9.46. The van der Waals surface area contributed by atoms with Crippen molar-refractivity contribution < 1.29 is 17.7 Å². The number of fused-ring (bicyclic) bond motifs is 1. The average molecular weight is 449 g/mol. The molecular formula is C23H20N4O4S. The number of carbonyl (C=O) groups is 1. The fourth-order valence-electron chi connectivity index (χ4n) is 3.79. The van der Waals surface area contributed by atoms with E-state index in [1.165, 1.54) is 4.31 Å². The van der Waals surface area contributed by atoms with Crippen LogP contribution in [0.5, 0.6) is 0 Å². The molecule has 1 saturated heterocycles. The van der Waals surface area contributed by atoms with Gasteiger partial charge in [-0.2, -0.15) is 4.31 Å². The highest BCUT2D eigenvalue weighted by Crippen LogP contribution is 2.24. The van der Waals surface area contributed by atoms with E-state index in [4.69, 9.17) is 4.52 Å². The van der Waals surface area contributed by atoms with Crippen molar-refractivity contribution in [1.82, 2.24) is 19.3 Å². The zero-order chi connectivity index (χ0) is 22.1. The van der Waals surface area contributed by atoms with E-state index in [2.05, 4.69) is 10.1 Å². The van der Waals surface area contributed by atoms with E-state index in [-0.39, 0.29) is 42.7 Å². The Kier molecular flexibility index (Phi) is 5.20. The minimum absolute atomic E-state index is 0.190. The van der Waals surface area contributed by atoms with Crippen LogP contribution in [0.25, 0.3) is 22.1 Å². The standard InChI is InChI=1S/C23H20N4O4S/c28-23(21-15-22(31-25-21)19-6-3-9-24-16-19)26-10-12-27(13-11-26)32(29,30)20-8-7-17-4-1-2-5-18(17)14-20/h1-9,14-16H,10-13H2. The van der Waals surface area contributed by atoms with Gasteiger partial charge in [-0.25, -0.2) is 8.42 Å². The predicted molar refractivity (Wildman–Crippen MR) is 118 cm³/mol. The Hall–Kier alpha value is -3.56. The molecule has 2 aromatic carbocycles. The number of aromatic nitrogens is 2.